The maximum absolute atomic E-state index is 13.6. The Kier molecular flexibility index (Phi) is 3.66. The monoisotopic (exact) mass is 265 g/mol. The predicted octanol–water partition coefficient (Wildman–Crippen LogP) is 2.80. The van der Waals surface area contributed by atoms with Gasteiger partial charge in [0.1, 0.15) is 10.8 Å². The van der Waals surface area contributed by atoms with Crippen molar-refractivity contribution in [3.8, 4) is 0 Å². The summed E-state index contributed by atoms with van der Waals surface area (Å²) in [6.07, 6.45) is 0.756. The molecule has 0 saturated heterocycles. The number of hydrogen-bond acceptors (Lipinski definition) is 4. The van der Waals surface area contributed by atoms with E-state index in [-0.39, 0.29) is 5.56 Å². The van der Waals surface area contributed by atoms with E-state index < -0.39 is 11.7 Å². The number of amides is 1. The largest absolute Gasteiger partial charge is 0.296 e. The van der Waals surface area contributed by atoms with Crippen LogP contribution in [0.1, 0.15) is 27.9 Å². The molecule has 1 aromatic carbocycles. The van der Waals surface area contributed by atoms with Crippen molar-refractivity contribution in [3.05, 3.63) is 40.2 Å². The molecule has 1 N–H and O–H groups in total. The van der Waals surface area contributed by atoms with E-state index >= 15 is 0 Å². The first kappa shape index (κ1) is 12.6. The van der Waals surface area contributed by atoms with Gasteiger partial charge in [0.15, 0.2) is 0 Å². The standard InChI is InChI=1S/C12H12FN3OS/c1-3-10-15-16-12(18-10)14-11(17)8-5-4-7(2)6-9(8)13/h4-6H,3H2,1-2H3,(H,14,16,17). The fourth-order valence-corrected chi connectivity index (χ4v) is 2.09. The second kappa shape index (κ2) is 5.22. The number of carbonyl (C=O) groups is 1. The van der Waals surface area contributed by atoms with Crippen molar-refractivity contribution in [2.45, 2.75) is 20.3 Å². The molecule has 4 nitrogen and oxygen atoms in total. The molecule has 0 fully saturated rings. The summed E-state index contributed by atoms with van der Waals surface area (Å²) >= 11 is 1.29. The van der Waals surface area contributed by atoms with Gasteiger partial charge in [-0.3, -0.25) is 10.1 Å². The summed E-state index contributed by atoms with van der Waals surface area (Å²) in [5, 5.41) is 11.4. The number of nitrogens with one attached hydrogen (secondary N) is 1. The first-order valence-corrected chi connectivity index (χ1v) is 6.31. The second-order valence-corrected chi connectivity index (χ2v) is 4.85. The molecule has 0 unspecified atom stereocenters. The highest BCUT2D eigenvalue weighted by atomic mass is 32.1. The first-order valence-electron chi connectivity index (χ1n) is 5.50. The van der Waals surface area contributed by atoms with E-state index in [0.29, 0.717) is 5.13 Å². The third-order valence-electron chi connectivity index (χ3n) is 2.36. The molecule has 0 saturated carbocycles. The van der Waals surface area contributed by atoms with Crippen molar-refractivity contribution in [3.63, 3.8) is 0 Å². The maximum Gasteiger partial charge on any atom is 0.260 e. The Hall–Kier alpha value is -1.82. The average molecular weight is 265 g/mol. The molecular weight excluding hydrogens is 253 g/mol. The van der Waals surface area contributed by atoms with Crippen LogP contribution in [0.4, 0.5) is 9.52 Å². The van der Waals surface area contributed by atoms with Gasteiger partial charge in [0, 0.05) is 0 Å². The molecule has 0 radical (unpaired) electrons. The second-order valence-electron chi connectivity index (χ2n) is 3.79. The molecular formula is C12H12FN3OS. The van der Waals surface area contributed by atoms with Crippen molar-refractivity contribution < 1.29 is 9.18 Å². The zero-order chi connectivity index (χ0) is 13.1. The lowest BCUT2D eigenvalue weighted by molar-refractivity contribution is 0.102. The van der Waals surface area contributed by atoms with Gasteiger partial charge in [0.25, 0.3) is 5.91 Å². The molecule has 1 heterocycles. The van der Waals surface area contributed by atoms with Gasteiger partial charge in [-0.15, -0.1) is 10.2 Å². The zero-order valence-electron chi connectivity index (χ0n) is 10.0. The Bertz CT molecular complexity index is 582. The minimum Gasteiger partial charge on any atom is -0.296 e. The number of nitrogens with zero attached hydrogens (tertiary/aromatic N) is 2. The number of rotatable bonds is 3. The van der Waals surface area contributed by atoms with Gasteiger partial charge >= 0.3 is 0 Å². The van der Waals surface area contributed by atoms with Gasteiger partial charge in [-0.25, -0.2) is 4.39 Å². The van der Waals surface area contributed by atoms with Crippen LogP contribution in [0.15, 0.2) is 18.2 Å². The molecule has 1 amide bonds. The average Bonchev–Trinajstić information content (AvgIpc) is 2.76. The number of aryl methyl sites for hydroxylation is 2. The SMILES string of the molecule is CCc1nnc(NC(=O)c2ccc(C)cc2F)s1. The Morgan fingerprint density at radius 1 is 1.44 bits per heavy atom. The lowest BCUT2D eigenvalue weighted by Crippen LogP contribution is -2.13. The molecule has 0 aliphatic heterocycles. The highest BCUT2D eigenvalue weighted by Gasteiger charge is 2.13. The fourth-order valence-electron chi connectivity index (χ4n) is 1.42. The predicted molar refractivity (Wildman–Crippen MR) is 68.4 cm³/mol. The molecule has 6 heteroatoms. The summed E-state index contributed by atoms with van der Waals surface area (Å²) in [5.41, 5.74) is 0.780. The molecule has 94 valence electrons. The Labute approximate surface area is 108 Å². The molecule has 2 rings (SSSR count). The number of aromatic nitrogens is 2. The molecule has 0 aliphatic rings. The number of benzene rings is 1. The summed E-state index contributed by atoms with van der Waals surface area (Å²) < 4.78 is 13.6. The fraction of sp³-hybridized carbons (Fsp3) is 0.250. The van der Waals surface area contributed by atoms with Crippen LogP contribution in [-0.2, 0) is 6.42 Å². The van der Waals surface area contributed by atoms with Crippen LogP contribution in [0.5, 0.6) is 0 Å². The Morgan fingerprint density at radius 2 is 2.22 bits per heavy atom. The van der Waals surface area contributed by atoms with Gasteiger partial charge in [0.2, 0.25) is 5.13 Å². The minimum absolute atomic E-state index is 0.00819. The van der Waals surface area contributed by atoms with Crippen molar-refractivity contribution >= 4 is 22.4 Å². The molecule has 0 aliphatic carbocycles. The normalized spacial score (nSPS) is 10.4. The molecule has 18 heavy (non-hydrogen) atoms. The van der Waals surface area contributed by atoms with Gasteiger partial charge in [-0.2, -0.15) is 0 Å². The number of anilines is 1. The van der Waals surface area contributed by atoms with E-state index in [2.05, 4.69) is 15.5 Å². The van der Waals surface area contributed by atoms with Crippen LogP contribution in [0.2, 0.25) is 0 Å². The van der Waals surface area contributed by atoms with E-state index in [1.165, 1.54) is 23.5 Å². The highest BCUT2D eigenvalue weighted by Crippen LogP contribution is 2.17. The van der Waals surface area contributed by atoms with Crippen molar-refractivity contribution in [2.24, 2.45) is 0 Å². The van der Waals surface area contributed by atoms with Gasteiger partial charge in [-0.1, -0.05) is 24.3 Å². The zero-order valence-corrected chi connectivity index (χ0v) is 10.8. The van der Waals surface area contributed by atoms with Crippen LogP contribution < -0.4 is 5.32 Å². The van der Waals surface area contributed by atoms with Crippen molar-refractivity contribution in [2.75, 3.05) is 5.32 Å². The summed E-state index contributed by atoms with van der Waals surface area (Å²) in [6.45, 7) is 3.72. The lowest BCUT2D eigenvalue weighted by Gasteiger charge is -2.03. The van der Waals surface area contributed by atoms with Crippen LogP contribution in [0.25, 0.3) is 0 Å². The molecule has 0 spiro atoms. The first-order chi connectivity index (χ1) is 8.60. The Balaban J connectivity index is 2.16. The van der Waals surface area contributed by atoms with Crippen LogP contribution in [0, 0.1) is 12.7 Å². The molecule has 0 atom stereocenters. The molecule has 0 bridgehead atoms. The summed E-state index contributed by atoms with van der Waals surface area (Å²) in [7, 11) is 0. The van der Waals surface area contributed by atoms with E-state index in [4.69, 9.17) is 0 Å². The van der Waals surface area contributed by atoms with Crippen LogP contribution in [0.3, 0.4) is 0 Å². The quantitative estimate of drug-likeness (QED) is 0.928. The van der Waals surface area contributed by atoms with Crippen LogP contribution >= 0.6 is 11.3 Å². The van der Waals surface area contributed by atoms with E-state index in [0.717, 1.165) is 17.0 Å². The van der Waals surface area contributed by atoms with Gasteiger partial charge in [-0.05, 0) is 31.0 Å². The number of carbonyl (C=O) groups excluding carboxylic acids is 1. The van der Waals surface area contributed by atoms with E-state index in [1.807, 2.05) is 6.92 Å². The summed E-state index contributed by atoms with van der Waals surface area (Å²) in [5.74, 6) is -1.04. The lowest BCUT2D eigenvalue weighted by atomic mass is 10.1. The van der Waals surface area contributed by atoms with Crippen molar-refractivity contribution in [1.29, 1.82) is 0 Å². The van der Waals surface area contributed by atoms with Gasteiger partial charge in [0.05, 0.1) is 5.56 Å². The maximum atomic E-state index is 13.6. The van der Waals surface area contributed by atoms with Gasteiger partial charge < -0.3 is 0 Å². The third kappa shape index (κ3) is 2.70. The number of halogens is 1. The van der Waals surface area contributed by atoms with E-state index in [1.54, 1.807) is 13.0 Å². The topological polar surface area (TPSA) is 54.9 Å². The number of hydrogen-bond donors (Lipinski definition) is 1. The third-order valence-corrected chi connectivity index (χ3v) is 3.34. The van der Waals surface area contributed by atoms with Crippen molar-refractivity contribution in [1.82, 2.24) is 10.2 Å². The van der Waals surface area contributed by atoms with E-state index in [9.17, 15) is 9.18 Å². The summed E-state index contributed by atoms with van der Waals surface area (Å²) in [6, 6.07) is 4.48. The Morgan fingerprint density at radius 3 is 2.83 bits per heavy atom. The minimum atomic E-state index is -0.535. The molecule has 1 aromatic heterocycles. The smallest absolute Gasteiger partial charge is 0.260 e. The van der Waals surface area contributed by atoms with Crippen LogP contribution in [-0.4, -0.2) is 16.1 Å². The summed E-state index contributed by atoms with van der Waals surface area (Å²) in [4.78, 5) is 11.8. The highest BCUT2D eigenvalue weighted by molar-refractivity contribution is 7.15. The molecule has 2 aromatic rings.